The van der Waals surface area contributed by atoms with Gasteiger partial charge < -0.3 is 4.90 Å². The number of anilines is 1. The molecule has 0 spiro atoms. The van der Waals surface area contributed by atoms with E-state index in [1.54, 1.807) is 23.1 Å². The predicted octanol–water partition coefficient (Wildman–Crippen LogP) is 4.21. The van der Waals surface area contributed by atoms with Gasteiger partial charge in [-0.2, -0.15) is 0 Å². The van der Waals surface area contributed by atoms with Gasteiger partial charge in [0.1, 0.15) is 0 Å². The maximum atomic E-state index is 13.3. The average molecular weight is 388 g/mol. The highest BCUT2D eigenvalue weighted by Gasteiger charge is 2.41. The van der Waals surface area contributed by atoms with Gasteiger partial charge in [0.05, 0.1) is 11.1 Å². The van der Waals surface area contributed by atoms with Gasteiger partial charge in [-0.1, -0.05) is 37.5 Å². The summed E-state index contributed by atoms with van der Waals surface area (Å²) in [6, 6.07) is 12.9. The summed E-state index contributed by atoms with van der Waals surface area (Å²) in [4.78, 5) is 42.5. The first-order chi connectivity index (χ1) is 14.1. The maximum Gasteiger partial charge on any atom is 0.261 e. The van der Waals surface area contributed by atoms with Crippen molar-refractivity contribution in [2.75, 3.05) is 4.90 Å². The molecule has 0 aromatic heterocycles. The van der Waals surface area contributed by atoms with E-state index in [-0.39, 0.29) is 29.8 Å². The minimum atomic E-state index is -0.249. The second-order valence-electron chi connectivity index (χ2n) is 8.39. The van der Waals surface area contributed by atoms with Gasteiger partial charge in [-0.25, -0.2) is 0 Å². The smallest absolute Gasteiger partial charge is 0.261 e. The molecule has 1 aliphatic carbocycles. The number of imide groups is 1. The van der Waals surface area contributed by atoms with Crippen LogP contribution in [0.3, 0.4) is 0 Å². The summed E-state index contributed by atoms with van der Waals surface area (Å²) >= 11 is 0. The van der Waals surface area contributed by atoms with Crippen molar-refractivity contribution in [3.8, 4) is 0 Å². The van der Waals surface area contributed by atoms with E-state index in [1.807, 2.05) is 31.2 Å². The van der Waals surface area contributed by atoms with Crippen LogP contribution in [0.5, 0.6) is 0 Å². The molecule has 3 amide bonds. The predicted molar refractivity (Wildman–Crippen MR) is 110 cm³/mol. The van der Waals surface area contributed by atoms with Crippen LogP contribution in [0.25, 0.3) is 0 Å². The number of hydrogen-bond donors (Lipinski definition) is 0. The number of amides is 3. The lowest BCUT2D eigenvalue weighted by Gasteiger charge is -2.29. The van der Waals surface area contributed by atoms with E-state index in [0.29, 0.717) is 16.7 Å². The Morgan fingerprint density at radius 1 is 0.931 bits per heavy atom. The van der Waals surface area contributed by atoms with Crippen LogP contribution in [0.2, 0.25) is 0 Å². The van der Waals surface area contributed by atoms with Gasteiger partial charge in [0.25, 0.3) is 17.7 Å². The second-order valence-corrected chi connectivity index (χ2v) is 8.39. The van der Waals surface area contributed by atoms with Crippen LogP contribution >= 0.6 is 0 Å². The Labute approximate surface area is 170 Å². The molecule has 29 heavy (non-hydrogen) atoms. The van der Waals surface area contributed by atoms with Crippen molar-refractivity contribution >= 4 is 23.4 Å². The Balaban J connectivity index is 1.47. The molecule has 2 heterocycles. The number of benzene rings is 2. The number of fused-ring (bicyclic) bond motifs is 2. The third-order valence-corrected chi connectivity index (χ3v) is 6.53. The van der Waals surface area contributed by atoms with Gasteiger partial charge in [0.15, 0.2) is 0 Å². The molecule has 5 heteroatoms. The molecule has 3 aliphatic rings. The number of para-hydroxylation sites is 1. The molecule has 1 unspecified atom stereocenters. The monoisotopic (exact) mass is 388 g/mol. The van der Waals surface area contributed by atoms with Gasteiger partial charge in [-0.05, 0) is 56.0 Å². The van der Waals surface area contributed by atoms with Crippen LogP contribution in [0, 0.1) is 0 Å². The van der Waals surface area contributed by atoms with Crippen LogP contribution in [-0.2, 0) is 6.42 Å². The van der Waals surface area contributed by atoms with E-state index in [0.717, 1.165) is 49.8 Å². The quantitative estimate of drug-likeness (QED) is 0.724. The highest BCUT2D eigenvalue weighted by atomic mass is 16.2. The van der Waals surface area contributed by atoms with Gasteiger partial charge in [0, 0.05) is 23.3 Å². The van der Waals surface area contributed by atoms with E-state index in [9.17, 15) is 14.4 Å². The van der Waals surface area contributed by atoms with E-state index < -0.39 is 0 Å². The first-order valence-corrected chi connectivity index (χ1v) is 10.5. The van der Waals surface area contributed by atoms with Gasteiger partial charge in [0.2, 0.25) is 0 Å². The molecule has 0 saturated heterocycles. The van der Waals surface area contributed by atoms with Crippen molar-refractivity contribution in [1.29, 1.82) is 0 Å². The SMILES string of the molecule is CC1Cc2ccccc2N1C(=O)c1ccc2c(c1)C(=O)N(C1CCCCC1)C2=O. The average Bonchev–Trinajstić information content (AvgIpc) is 3.21. The van der Waals surface area contributed by atoms with Crippen LogP contribution in [0.1, 0.15) is 75.7 Å². The van der Waals surface area contributed by atoms with E-state index >= 15 is 0 Å². The van der Waals surface area contributed by atoms with Crippen LogP contribution < -0.4 is 4.90 Å². The molecule has 5 rings (SSSR count). The largest absolute Gasteiger partial charge is 0.305 e. The molecule has 0 radical (unpaired) electrons. The molecule has 1 fully saturated rings. The molecule has 0 bridgehead atoms. The molecule has 2 aromatic rings. The van der Waals surface area contributed by atoms with Crippen LogP contribution in [-0.4, -0.2) is 34.7 Å². The minimum Gasteiger partial charge on any atom is -0.305 e. The Kier molecular flexibility index (Phi) is 4.26. The number of carbonyl (C=O) groups is 3. The molecular formula is C24H24N2O3. The molecule has 148 valence electrons. The van der Waals surface area contributed by atoms with E-state index in [2.05, 4.69) is 0 Å². The van der Waals surface area contributed by atoms with Crippen molar-refractivity contribution in [3.05, 3.63) is 64.7 Å². The van der Waals surface area contributed by atoms with E-state index in [1.165, 1.54) is 4.90 Å². The summed E-state index contributed by atoms with van der Waals surface area (Å²) in [5, 5.41) is 0. The fourth-order valence-corrected chi connectivity index (χ4v) is 5.08. The third-order valence-electron chi connectivity index (χ3n) is 6.53. The highest BCUT2D eigenvalue weighted by molar-refractivity contribution is 6.22. The lowest BCUT2D eigenvalue weighted by molar-refractivity contribution is 0.0549. The topological polar surface area (TPSA) is 57.7 Å². The molecule has 0 N–H and O–H groups in total. The third kappa shape index (κ3) is 2.79. The van der Waals surface area contributed by atoms with Gasteiger partial charge in [-0.15, -0.1) is 0 Å². The Bertz CT molecular complexity index is 1020. The number of carbonyl (C=O) groups excluding carboxylic acids is 3. The van der Waals surface area contributed by atoms with E-state index in [4.69, 9.17) is 0 Å². The number of nitrogens with zero attached hydrogens (tertiary/aromatic N) is 2. The van der Waals surface area contributed by atoms with Crippen LogP contribution in [0.4, 0.5) is 5.69 Å². The van der Waals surface area contributed by atoms with Crippen molar-refractivity contribution in [3.63, 3.8) is 0 Å². The zero-order valence-corrected chi connectivity index (χ0v) is 16.6. The van der Waals surface area contributed by atoms with Crippen LogP contribution in [0.15, 0.2) is 42.5 Å². The lowest BCUT2D eigenvalue weighted by Crippen LogP contribution is -2.40. The Morgan fingerprint density at radius 3 is 2.45 bits per heavy atom. The normalized spacial score (nSPS) is 21.5. The fourth-order valence-electron chi connectivity index (χ4n) is 5.08. The zero-order chi connectivity index (χ0) is 20.1. The fraction of sp³-hybridized carbons (Fsp3) is 0.375. The molecule has 2 aromatic carbocycles. The van der Waals surface area contributed by atoms with Gasteiger partial charge in [-0.3, -0.25) is 19.3 Å². The standard InChI is InChI=1S/C24H24N2O3/c1-15-13-16-7-5-6-10-21(16)25(15)22(27)17-11-12-19-20(14-17)24(29)26(23(19)28)18-8-3-2-4-9-18/h5-7,10-12,14-15,18H,2-4,8-9,13H2,1H3. The van der Waals surface area contributed by atoms with Crippen molar-refractivity contribution in [2.45, 2.75) is 57.5 Å². The van der Waals surface area contributed by atoms with Gasteiger partial charge >= 0.3 is 0 Å². The highest BCUT2D eigenvalue weighted by Crippen LogP contribution is 2.35. The first kappa shape index (κ1) is 18.1. The Morgan fingerprint density at radius 2 is 1.66 bits per heavy atom. The molecule has 1 saturated carbocycles. The zero-order valence-electron chi connectivity index (χ0n) is 16.6. The van der Waals surface area contributed by atoms with Crippen molar-refractivity contribution in [2.24, 2.45) is 0 Å². The lowest BCUT2D eigenvalue weighted by atomic mass is 9.94. The summed E-state index contributed by atoms with van der Waals surface area (Å²) in [7, 11) is 0. The number of hydrogen-bond acceptors (Lipinski definition) is 3. The molecule has 5 nitrogen and oxygen atoms in total. The summed E-state index contributed by atoms with van der Waals surface area (Å²) in [5.41, 5.74) is 3.33. The molecule has 1 atom stereocenters. The summed E-state index contributed by atoms with van der Waals surface area (Å²) in [6.45, 7) is 2.03. The molecular weight excluding hydrogens is 364 g/mol. The first-order valence-electron chi connectivity index (χ1n) is 10.5. The minimum absolute atomic E-state index is 0.0132. The van der Waals surface area contributed by atoms with Crippen molar-refractivity contribution < 1.29 is 14.4 Å². The maximum absolute atomic E-state index is 13.3. The molecule has 2 aliphatic heterocycles. The Hall–Kier alpha value is -2.95. The summed E-state index contributed by atoms with van der Waals surface area (Å²) in [5.74, 6) is -0.584. The summed E-state index contributed by atoms with van der Waals surface area (Å²) < 4.78 is 0. The van der Waals surface area contributed by atoms with Crippen molar-refractivity contribution in [1.82, 2.24) is 4.90 Å². The second kappa shape index (κ2) is 6.83. The summed E-state index contributed by atoms with van der Waals surface area (Å²) in [6.07, 6.45) is 5.83. The number of rotatable bonds is 2.